The average Bonchev–Trinajstić information content (AvgIpc) is 2.63. The summed E-state index contributed by atoms with van der Waals surface area (Å²) in [6.07, 6.45) is 0. The van der Waals surface area contributed by atoms with E-state index < -0.39 is 0 Å². The molecule has 0 spiro atoms. The van der Waals surface area contributed by atoms with E-state index in [1.54, 1.807) is 6.07 Å². The van der Waals surface area contributed by atoms with Crippen molar-refractivity contribution in [2.24, 2.45) is 0 Å². The average molecular weight is 278 g/mol. The van der Waals surface area contributed by atoms with Gasteiger partial charge in [-0.25, -0.2) is 4.98 Å². The number of aryl methyl sites for hydroxylation is 1. The van der Waals surface area contributed by atoms with Crippen LogP contribution in [0.25, 0.3) is 0 Å². The van der Waals surface area contributed by atoms with Crippen LogP contribution in [0.5, 0.6) is 5.88 Å². The summed E-state index contributed by atoms with van der Waals surface area (Å²) < 4.78 is 4.59. The van der Waals surface area contributed by atoms with Crippen LogP contribution in [0, 0.1) is 6.92 Å². The molecule has 0 aliphatic heterocycles. The fourth-order valence-corrected chi connectivity index (χ4v) is 1.36. The molecule has 0 aromatic carbocycles. The van der Waals surface area contributed by atoms with Crippen molar-refractivity contribution in [2.75, 3.05) is 5.32 Å². The van der Waals surface area contributed by atoms with Crippen molar-refractivity contribution in [1.82, 2.24) is 20.2 Å². The van der Waals surface area contributed by atoms with Gasteiger partial charge in [-0.3, -0.25) is 9.89 Å². The van der Waals surface area contributed by atoms with Gasteiger partial charge in [0.15, 0.2) is 5.82 Å². The Bertz CT molecular complexity index is 548. The van der Waals surface area contributed by atoms with Gasteiger partial charge in [-0.05, 0) is 18.5 Å². The van der Waals surface area contributed by atoms with Crippen LogP contribution in [0.1, 0.15) is 5.69 Å². The van der Waals surface area contributed by atoms with Gasteiger partial charge in [-0.2, -0.15) is 10.1 Å². The van der Waals surface area contributed by atoms with Crippen molar-refractivity contribution >= 4 is 59.3 Å². The monoisotopic (exact) mass is 277 g/mol. The van der Waals surface area contributed by atoms with Crippen molar-refractivity contribution < 1.29 is 9.53 Å². The zero-order valence-corrected chi connectivity index (χ0v) is 9.52. The van der Waals surface area contributed by atoms with Crippen LogP contribution in [0.15, 0.2) is 12.1 Å². The number of nitrogens with one attached hydrogen (secondary N) is 2. The molecular formula is C9H9ClN5NaO2. The number of carbonyl (C=O) groups is 1. The summed E-state index contributed by atoms with van der Waals surface area (Å²) in [7, 11) is 0. The number of hydrogen-bond donors (Lipinski definition) is 2. The summed E-state index contributed by atoms with van der Waals surface area (Å²) >= 11 is 5.67. The maximum absolute atomic E-state index is 10.2. The van der Waals surface area contributed by atoms with Gasteiger partial charge in [0.25, 0.3) is 6.47 Å². The Morgan fingerprint density at radius 2 is 2.17 bits per heavy atom. The number of ether oxygens (including phenoxy) is 1. The molecular weight excluding hydrogens is 269 g/mol. The molecule has 2 aromatic heterocycles. The molecule has 0 bridgehead atoms. The second-order valence-corrected chi connectivity index (χ2v) is 3.47. The Kier molecular flexibility index (Phi) is 5.54. The van der Waals surface area contributed by atoms with Gasteiger partial charge >= 0.3 is 29.6 Å². The molecule has 2 rings (SSSR count). The molecule has 2 N–H and O–H groups in total. The summed E-state index contributed by atoms with van der Waals surface area (Å²) in [6, 6.07) is 3.22. The predicted octanol–water partition coefficient (Wildman–Crippen LogP) is 0.792. The van der Waals surface area contributed by atoms with E-state index >= 15 is 0 Å². The first kappa shape index (κ1) is 14.9. The van der Waals surface area contributed by atoms with Gasteiger partial charge < -0.3 is 10.1 Å². The fourth-order valence-electron chi connectivity index (χ4n) is 1.18. The number of carbonyl (C=O) groups excluding carboxylic acids is 1. The summed E-state index contributed by atoms with van der Waals surface area (Å²) in [5.74, 6) is 1.03. The van der Waals surface area contributed by atoms with Gasteiger partial charge in [-0.15, -0.1) is 0 Å². The van der Waals surface area contributed by atoms with E-state index in [1.165, 1.54) is 6.07 Å². The molecule has 0 aliphatic rings. The molecule has 0 unspecified atom stereocenters. The molecule has 0 aliphatic carbocycles. The Balaban J connectivity index is 0.00000162. The van der Waals surface area contributed by atoms with E-state index in [0.717, 1.165) is 5.69 Å². The molecule has 90 valence electrons. The summed E-state index contributed by atoms with van der Waals surface area (Å²) in [5, 5.41) is 9.60. The van der Waals surface area contributed by atoms with Gasteiger partial charge in [0.05, 0.1) is 0 Å². The number of rotatable bonds is 4. The first-order chi connectivity index (χ1) is 8.17. The molecule has 0 fully saturated rings. The standard InChI is InChI=1S/C9H8ClN5O2.Na.H/c1-5-2-7(15-14-5)11-6-3-8(17-4-16)13-9(10)12-6;;/h2-4H,1H3,(H2,11,12,13,14,15);;. The Morgan fingerprint density at radius 1 is 1.39 bits per heavy atom. The number of hydrogen-bond acceptors (Lipinski definition) is 6. The summed E-state index contributed by atoms with van der Waals surface area (Å²) in [4.78, 5) is 17.8. The number of halogens is 1. The molecule has 2 heterocycles. The van der Waals surface area contributed by atoms with E-state index in [2.05, 4.69) is 30.2 Å². The van der Waals surface area contributed by atoms with E-state index in [1.807, 2.05) is 6.92 Å². The summed E-state index contributed by atoms with van der Waals surface area (Å²) in [5.41, 5.74) is 0.900. The van der Waals surface area contributed by atoms with Crippen molar-refractivity contribution in [3.63, 3.8) is 0 Å². The number of aromatic amines is 1. The van der Waals surface area contributed by atoms with E-state index in [-0.39, 0.29) is 47.2 Å². The van der Waals surface area contributed by atoms with E-state index in [0.29, 0.717) is 11.6 Å². The van der Waals surface area contributed by atoms with Crippen LogP contribution < -0.4 is 10.1 Å². The van der Waals surface area contributed by atoms with Crippen LogP contribution in [-0.4, -0.2) is 56.2 Å². The van der Waals surface area contributed by atoms with Gasteiger partial charge in [-0.1, -0.05) is 0 Å². The summed E-state index contributed by atoms with van der Waals surface area (Å²) in [6.45, 7) is 2.13. The molecule has 0 radical (unpaired) electrons. The number of anilines is 2. The SMILES string of the molecule is Cc1cc(Nc2cc(OC=O)nc(Cl)n2)n[nH]1.[NaH]. The second-order valence-electron chi connectivity index (χ2n) is 3.14. The minimum absolute atomic E-state index is 0. The van der Waals surface area contributed by atoms with Crippen molar-refractivity contribution in [2.45, 2.75) is 6.92 Å². The quantitative estimate of drug-likeness (QED) is 0.488. The van der Waals surface area contributed by atoms with E-state index in [4.69, 9.17) is 11.6 Å². The Labute approximate surface area is 130 Å². The first-order valence-electron chi connectivity index (χ1n) is 4.61. The van der Waals surface area contributed by atoms with Gasteiger partial charge in [0, 0.05) is 17.8 Å². The molecule has 18 heavy (non-hydrogen) atoms. The second kappa shape index (κ2) is 6.69. The van der Waals surface area contributed by atoms with Crippen LogP contribution in [0.3, 0.4) is 0 Å². The fraction of sp³-hybridized carbons (Fsp3) is 0.111. The van der Waals surface area contributed by atoms with Crippen molar-refractivity contribution in [1.29, 1.82) is 0 Å². The third kappa shape index (κ3) is 3.95. The maximum atomic E-state index is 10.2. The van der Waals surface area contributed by atoms with Crippen LogP contribution in [-0.2, 0) is 4.79 Å². The molecule has 9 heteroatoms. The molecule has 0 saturated carbocycles. The minimum atomic E-state index is -0.0286. The van der Waals surface area contributed by atoms with Crippen molar-refractivity contribution in [3.8, 4) is 5.88 Å². The third-order valence-electron chi connectivity index (χ3n) is 1.81. The number of H-pyrrole nitrogens is 1. The Morgan fingerprint density at radius 3 is 2.78 bits per heavy atom. The van der Waals surface area contributed by atoms with Crippen molar-refractivity contribution in [3.05, 3.63) is 23.1 Å². The molecule has 0 amide bonds. The third-order valence-corrected chi connectivity index (χ3v) is 1.98. The zero-order chi connectivity index (χ0) is 12.3. The molecule has 2 aromatic rings. The number of nitrogens with zero attached hydrogens (tertiary/aromatic N) is 3. The molecule has 0 saturated heterocycles. The predicted molar refractivity (Wildman–Crippen MR) is 67.5 cm³/mol. The first-order valence-corrected chi connectivity index (χ1v) is 4.99. The normalized spacial score (nSPS) is 9.44. The Hall–Kier alpha value is -1.15. The van der Waals surface area contributed by atoms with Crippen LogP contribution in [0.4, 0.5) is 11.6 Å². The molecule has 0 atom stereocenters. The van der Waals surface area contributed by atoms with Gasteiger partial charge in [0.1, 0.15) is 5.82 Å². The topological polar surface area (TPSA) is 92.8 Å². The van der Waals surface area contributed by atoms with Gasteiger partial charge in [0.2, 0.25) is 11.2 Å². The van der Waals surface area contributed by atoms with E-state index in [9.17, 15) is 4.79 Å². The zero-order valence-electron chi connectivity index (χ0n) is 8.77. The van der Waals surface area contributed by atoms with Crippen LogP contribution in [0.2, 0.25) is 5.28 Å². The van der Waals surface area contributed by atoms with Crippen LogP contribution >= 0.6 is 11.6 Å². The molecule has 7 nitrogen and oxygen atoms in total. The number of aromatic nitrogens is 4.